The van der Waals surface area contributed by atoms with Crippen LogP contribution in [0.5, 0.6) is 5.75 Å². The van der Waals surface area contributed by atoms with Gasteiger partial charge in [-0.05, 0) is 59.2 Å². The van der Waals surface area contributed by atoms with E-state index in [0.717, 1.165) is 5.56 Å². The average molecular weight is 409 g/mol. The molecule has 1 amide bonds. The Balaban J connectivity index is 1.95. The minimum atomic E-state index is -1.51. The maximum absolute atomic E-state index is 12.0. The molecule has 1 unspecified atom stereocenters. The van der Waals surface area contributed by atoms with Gasteiger partial charge in [0, 0.05) is 6.42 Å². The van der Waals surface area contributed by atoms with Gasteiger partial charge in [-0.3, -0.25) is 0 Å². The number of benzene rings is 1. The molecule has 0 radical (unpaired) electrons. The number of amides is 1. The van der Waals surface area contributed by atoms with E-state index in [-0.39, 0.29) is 12.5 Å². The Labute approximate surface area is 171 Å². The van der Waals surface area contributed by atoms with E-state index in [0.29, 0.717) is 19.0 Å². The summed E-state index contributed by atoms with van der Waals surface area (Å²) < 4.78 is 22.1. The number of carbonyl (C=O) groups is 2. The highest BCUT2D eigenvalue weighted by atomic mass is 16.7. The molecule has 2 N–H and O–H groups in total. The number of nitrogens with one attached hydrogen (secondary N) is 1. The Bertz CT molecular complexity index is 724. The zero-order valence-corrected chi connectivity index (χ0v) is 17.9. The van der Waals surface area contributed by atoms with Gasteiger partial charge in [0.1, 0.15) is 29.6 Å². The van der Waals surface area contributed by atoms with E-state index >= 15 is 0 Å². The van der Waals surface area contributed by atoms with E-state index in [4.69, 9.17) is 18.9 Å². The first-order chi connectivity index (χ1) is 13.3. The lowest BCUT2D eigenvalue weighted by Crippen LogP contribution is -2.54. The van der Waals surface area contributed by atoms with Gasteiger partial charge in [-0.1, -0.05) is 12.1 Å². The molecule has 29 heavy (non-hydrogen) atoms. The number of carbonyl (C=O) groups excluding carboxylic acids is 1. The SMILES string of the molecule is CC(C)(C)OC(=O)N[C@@](C)(Cc1ccc(OCC2COC(C)(C)O2)cc1)C(=O)O. The van der Waals surface area contributed by atoms with E-state index in [1.165, 1.54) is 6.92 Å². The van der Waals surface area contributed by atoms with Crippen molar-refractivity contribution in [2.45, 2.75) is 71.0 Å². The number of rotatable bonds is 7. The lowest BCUT2D eigenvalue weighted by Gasteiger charge is -2.28. The number of ether oxygens (including phenoxy) is 4. The van der Waals surface area contributed by atoms with Crippen molar-refractivity contribution < 1.29 is 33.6 Å². The summed E-state index contributed by atoms with van der Waals surface area (Å²) in [5, 5.41) is 12.1. The van der Waals surface area contributed by atoms with Crippen LogP contribution in [0.3, 0.4) is 0 Å². The predicted molar refractivity (Wildman–Crippen MR) is 106 cm³/mol. The molecule has 2 rings (SSSR count). The minimum Gasteiger partial charge on any atom is -0.491 e. The molecule has 1 fully saturated rings. The molecule has 1 heterocycles. The Hall–Kier alpha value is -2.32. The molecule has 1 aliphatic rings. The van der Waals surface area contributed by atoms with E-state index in [2.05, 4.69) is 5.32 Å². The van der Waals surface area contributed by atoms with Gasteiger partial charge in [0.15, 0.2) is 5.79 Å². The van der Waals surface area contributed by atoms with E-state index in [1.54, 1.807) is 45.0 Å². The average Bonchev–Trinajstić information content (AvgIpc) is 2.91. The first kappa shape index (κ1) is 23.0. The molecule has 8 nitrogen and oxygen atoms in total. The summed E-state index contributed by atoms with van der Waals surface area (Å²) in [5.41, 5.74) is -1.49. The van der Waals surface area contributed by atoms with Crippen molar-refractivity contribution in [3.8, 4) is 5.75 Å². The van der Waals surface area contributed by atoms with Gasteiger partial charge in [0.2, 0.25) is 0 Å². The molecule has 0 aromatic heterocycles. The van der Waals surface area contributed by atoms with Gasteiger partial charge in [-0.2, -0.15) is 0 Å². The predicted octanol–water partition coefficient (Wildman–Crippen LogP) is 3.13. The van der Waals surface area contributed by atoms with Gasteiger partial charge in [0.05, 0.1) is 6.61 Å². The molecular formula is C21H31NO7. The highest BCUT2D eigenvalue weighted by Gasteiger charge is 2.37. The summed E-state index contributed by atoms with van der Waals surface area (Å²) in [4.78, 5) is 23.8. The smallest absolute Gasteiger partial charge is 0.408 e. The fraction of sp³-hybridized carbons (Fsp3) is 0.619. The zero-order valence-electron chi connectivity index (χ0n) is 17.9. The lowest BCUT2D eigenvalue weighted by atomic mass is 9.93. The molecule has 2 atom stereocenters. The molecule has 0 aliphatic carbocycles. The van der Waals surface area contributed by atoms with Gasteiger partial charge < -0.3 is 29.4 Å². The maximum Gasteiger partial charge on any atom is 0.408 e. The molecule has 1 aromatic rings. The van der Waals surface area contributed by atoms with Crippen LogP contribution < -0.4 is 10.1 Å². The molecule has 0 spiro atoms. The van der Waals surface area contributed by atoms with Crippen LogP contribution >= 0.6 is 0 Å². The minimum absolute atomic E-state index is 0.0929. The molecule has 8 heteroatoms. The quantitative estimate of drug-likeness (QED) is 0.713. The van der Waals surface area contributed by atoms with Crippen LogP contribution in [0.4, 0.5) is 4.79 Å². The summed E-state index contributed by atoms with van der Waals surface area (Å²) in [6, 6.07) is 7.05. The standard InChI is InChI=1S/C21H31NO7/c1-19(2,3)29-18(25)22-21(6,17(23)24)11-14-7-9-15(10-8-14)26-12-16-13-27-20(4,5)28-16/h7-10,16H,11-13H2,1-6H3,(H,22,25)(H,23,24)/t16?,21-/m0/s1. The van der Waals surface area contributed by atoms with Crippen LogP contribution in [-0.2, 0) is 25.4 Å². The van der Waals surface area contributed by atoms with Crippen LogP contribution in [0.2, 0.25) is 0 Å². The normalized spacial score (nSPS) is 20.6. The van der Waals surface area contributed by atoms with Crippen LogP contribution in [-0.4, -0.2) is 53.4 Å². The van der Waals surface area contributed by atoms with Crippen molar-refractivity contribution in [3.05, 3.63) is 29.8 Å². The maximum atomic E-state index is 12.0. The largest absolute Gasteiger partial charge is 0.491 e. The van der Waals surface area contributed by atoms with Gasteiger partial charge in [-0.15, -0.1) is 0 Å². The summed E-state index contributed by atoms with van der Waals surface area (Å²) in [6.07, 6.45) is -0.822. The third kappa shape index (κ3) is 7.21. The third-order valence-electron chi connectivity index (χ3n) is 4.23. The monoisotopic (exact) mass is 409 g/mol. The van der Waals surface area contributed by atoms with Crippen molar-refractivity contribution in [2.75, 3.05) is 13.2 Å². The molecule has 1 saturated heterocycles. The zero-order chi connectivity index (χ0) is 21.9. The fourth-order valence-electron chi connectivity index (χ4n) is 2.85. The second-order valence-electron chi connectivity index (χ2n) is 8.85. The van der Waals surface area contributed by atoms with Crippen molar-refractivity contribution in [3.63, 3.8) is 0 Å². The second-order valence-corrected chi connectivity index (χ2v) is 8.85. The number of carboxylic acids is 1. The number of hydrogen-bond donors (Lipinski definition) is 2. The van der Waals surface area contributed by atoms with Crippen LogP contribution in [0.25, 0.3) is 0 Å². The van der Waals surface area contributed by atoms with Crippen molar-refractivity contribution in [1.29, 1.82) is 0 Å². The summed E-state index contributed by atoms with van der Waals surface area (Å²) in [5.74, 6) is -1.11. The Morgan fingerprint density at radius 2 is 1.83 bits per heavy atom. The Morgan fingerprint density at radius 1 is 1.21 bits per heavy atom. The van der Waals surface area contributed by atoms with Crippen LogP contribution in [0.1, 0.15) is 47.1 Å². The Morgan fingerprint density at radius 3 is 2.31 bits per heavy atom. The van der Waals surface area contributed by atoms with Crippen LogP contribution in [0, 0.1) is 0 Å². The van der Waals surface area contributed by atoms with Gasteiger partial charge >= 0.3 is 12.1 Å². The number of hydrogen-bond acceptors (Lipinski definition) is 6. The summed E-state index contributed by atoms with van der Waals surface area (Å²) in [7, 11) is 0. The molecule has 1 aromatic carbocycles. The molecule has 0 bridgehead atoms. The first-order valence-corrected chi connectivity index (χ1v) is 9.56. The van der Waals surface area contributed by atoms with Crippen molar-refractivity contribution in [2.24, 2.45) is 0 Å². The number of carboxylic acid groups (broad SMARTS) is 1. The first-order valence-electron chi connectivity index (χ1n) is 9.56. The molecular weight excluding hydrogens is 378 g/mol. The number of aliphatic carboxylic acids is 1. The third-order valence-corrected chi connectivity index (χ3v) is 4.23. The lowest BCUT2D eigenvalue weighted by molar-refractivity contribution is -0.144. The second kappa shape index (κ2) is 8.59. The molecule has 162 valence electrons. The summed E-state index contributed by atoms with van der Waals surface area (Å²) in [6.45, 7) is 11.1. The fourth-order valence-corrected chi connectivity index (χ4v) is 2.85. The van der Waals surface area contributed by atoms with E-state index < -0.39 is 29.0 Å². The van der Waals surface area contributed by atoms with Gasteiger partial charge in [0.25, 0.3) is 0 Å². The Kier molecular flexibility index (Phi) is 6.80. The van der Waals surface area contributed by atoms with Crippen molar-refractivity contribution >= 4 is 12.1 Å². The van der Waals surface area contributed by atoms with Crippen LogP contribution in [0.15, 0.2) is 24.3 Å². The topological polar surface area (TPSA) is 103 Å². The molecule has 1 aliphatic heterocycles. The highest BCUT2D eigenvalue weighted by molar-refractivity contribution is 5.84. The summed E-state index contributed by atoms with van der Waals surface area (Å²) >= 11 is 0. The van der Waals surface area contributed by atoms with E-state index in [9.17, 15) is 14.7 Å². The molecule has 0 saturated carbocycles. The highest BCUT2D eigenvalue weighted by Crippen LogP contribution is 2.24. The number of alkyl carbamates (subject to hydrolysis) is 1. The van der Waals surface area contributed by atoms with Crippen molar-refractivity contribution in [1.82, 2.24) is 5.32 Å². The van der Waals surface area contributed by atoms with Gasteiger partial charge in [-0.25, -0.2) is 9.59 Å². The van der Waals surface area contributed by atoms with E-state index in [1.807, 2.05) is 13.8 Å².